The number of unbranched alkanes of at least 4 members (excludes halogenated alkanes) is 9. The third kappa shape index (κ3) is 11.6. The third-order valence-electron chi connectivity index (χ3n) is 3.48. The molecule has 0 saturated heterocycles. The molecular formula is C15H32O3S. The van der Waals surface area contributed by atoms with E-state index >= 15 is 0 Å². The highest BCUT2D eigenvalue weighted by Gasteiger charge is 2.13. The largest absolute Gasteiger partial charge is 0.395 e. The second kappa shape index (κ2) is 14.5. The Bertz CT molecular complexity index is 206. The highest BCUT2D eigenvalue weighted by Crippen LogP contribution is 2.11. The highest BCUT2D eigenvalue weighted by atomic mass is 32.2. The van der Waals surface area contributed by atoms with Gasteiger partial charge in [0.15, 0.2) is 0 Å². The van der Waals surface area contributed by atoms with Crippen molar-refractivity contribution in [3.8, 4) is 0 Å². The molecule has 0 aliphatic heterocycles. The van der Waals surface area contributed by atoms with E-state index in [0.717, 1.165) is 12.8 Å². The van der Waals surface area contributed by atoms with Crippen LogP contribution in [0.15, 0.2) is 0 Å². The highest BCUT2D eigenvalue weighted by molar-refractivity contribution is 7.85. The number of hydrogen-bond acceptors (Lipinski definition) is 3. The maximum atomic E-state index is 11.6. The smallest absolute Gasteiger partial charge is 0.0809 e. The molecule has 0 heterocycles. The molecule has 19 heavy (non-hydrogen) atoms. The number of aliphatic hydroxyl groups is 2. The Kier molecular flexibility index (Phi) is 14.5. The van der Waals surface area contributed by atoms with Crippen molar-refractivity contribution in [1.82, 2.24) is 0 Å². The summed E-state index contributed by atoms with van der Waals surface area (Å²) in [6.07, 6.45) is 12.6. The van der Waals surface area contributed by atoms with Gasteiger partial charge in [-0.3, -0.25) is 4.21 Å². The van der Waals surface area contributed by atoms with E-state index in [9.17, 15) is 4.21 Å². The predicted molar refractivity (Wildman–Crippen MR) is 82.8 cm³/mol. The minimum Gasteiger partial charge on any atom is -0.395 e. The van der Waals surface area contributed by atoms with Crippen molar-refractivity contribution in [3.63, 3.8) is 0 Å². The average Bonchev–Trinajstić information content (AvgIpc) is 2.42. The quantitative estimate of drug-likeness (QED) is 0.484. The summed E-state index contributed by atoms with van der Waals surface area (Å²) in [7, 11) is -1.07. The zero-order valence-corrected chi connectivity index (χ0v) is 13.3. The molecule has 0 fully saturated rings. The number of aliphatic hydroxyl groups excluding tert-OH is 2. The molecule has 0 aromatic carbocycles. The monoisotopic (exact) mass is 292 g/mol. The van der Waals surface area contributed by atoms with E-state index in [1.165, 1.54) is 51.4 Å². The van der Waals surface area contributed by atoms with E-state index in [-0.39, 0.29) is 13.2 Å². The molecule has 0 unspecified atom stereocenters. The Morgan fingerprint density at radius 1 is 0.789 bits per heavy atom. The van der Waals surface area contributed by atoms with E-state index in [4.69, 9.17) is 10.2 Å². The number of hydrogen-bond donors (Lipinski definition) is 2. The van der Waals surface area contributed by atoms with Gasteiger partial charge in [-0.25, -0.2) is 0 Å². The second-order valence-corrected chi connectivity index (χ2v) is 7.09. The molecule has 0 aliphatic carbocycles. The van der Waals surface area contributed by atoms with Gasteiger partial charge >= 0.3 is 0 Å². The summed E-state index contributed by atoms with van der Waals surface area (Å²) in [5.74, 6) is 0.613. The maximum Gasteiger partial charge on any atom is 0.0809 e. The molecule has 0 aliphatic rings. The first-order chi connectivity index (χ1) is 9.26. The zero-order chi connectivity index (χ0) is 14.3. The van der Waals surface area contributed by atoms with E-state index in [0.29, 0.717) is 5.75 Å². The lowest BCUT2D eigenvalue weighted by Crippen LogP contribution is -2.25. The molecule has 0 spiro atoms. The van der Waals surface area contributed by atoms with Crippen LogP contribution in [0.2, 0.25) is 0 Å². The van der Waals surface area contributed by atoms with Crippen molar-refractivity contribution in [1.29, 1.82) is 0 Å². The lowest BCUT2D eigenvalue weighted by atomic mass is 10.1. The van der Waals surface area contributed by atoms with Crippen LogP contribution in [0.5, 0.6) is 0 Å². The van der Waals surface area contributed by atoms with Gasteiger partial charge in [-0.15, -0.1) is 0 Å². The third-order valence-corrected chi connectivity index (χ3v) is 5.21. The summed E-state index contributed by atoms with van der Waals surface area (Å²) in [6.45, 7) is 1.88. The fraction of sp³-hybridized carbons (Fsp3) is 1.00. The fourth-order valence-corrected chi connectivity index (χ4v) is 3.28. The topological polar surface area (TPSA) is 57.5 Å². The molecule has 0 aromatic heterocycles. The van der Waals surface area contributed by atoms with Gasteiger partial charge < -0.3 is 10.2 Å². The van der Waals surface area contributed by atoms with Crippen molar-refractivity contribution in [3.05, 3.63) is 0 Å². The Hall–Kier alpha value is 0.0700. The minimum absolute atomic E-state index is 0.180. The molecule has 0 bridgehead atoms. The number of rotatable bonds is 14. The summed E-state index contributed by atoms with van der Waals surface area (Å²) >= 11 is 0. The maximum absolute atomic E-state index is 11.6. The molecule has 2 N–H and O–H groups in total. The lowest BCUT2D eigenvalue weighted by molar-refractivity contribution is 0.226. The van der Waals surface area contributed by atoms with Gasteiger partial charge in [0.2, 0.25) is 0 Å². The minimum atomic E-state index is -1.07. The fourth-order valence-electron chi connectivity index (χ4n) is 2.12. The molecule has 0 saturated carbocycles. The van der Waals surface area contributed by atoms with Crippen LogP contribution >= 0.6 is 0 Å². The standard InChI is InChI=1S/C15H32O3S/c1-2-3-4-5-6-7-8-9-10-11-12-19(18)15(13-16)14-17/h15-17H,2-14H2,1H3/t19-/m0/s1. The SMILES string of the molecule is CCCCCCCCCCCC[S@](=O)C(CO)CO. The van der Waals surface area contributed by atoms with E-state index < -0.39 is 16.0 Å². The molecule has 0 amide bonds. The summed E-state index contributed by atoms with van der Waals surface area (Å²) < 4.78 is 11.6. The first-order valence-electron chi connectivity index (χ1n) is 7.85. The molecular weight excluding hydrogens is 260 g/mol. The van der Waals surface area contributed by atoms with Gasteiger partial charge in [-0.05, 0) is 6.42 Å². The predicted octanol–water partition coefficient (Wildman–Crippen LogP) is 3.01. The van der Waals surface area contributed by atoms with Crippen LogP contribution in [-0.4, -0.2) is 38.6 Å². The first-order valence-corrected chi connectivity index (χ1v) is 9.23. The van der Waals surface area contributed by atoms with Crippen molar-refractivity contribution >= 4 is 10.8 Å². The van der Waals surface area contributed by atoms with Crippen LogP contribution in [0.3, 0.4) is 0 Å². The van der Waals surface area contributed by atoms with Crippen molar-refractivity contribution in [2.75, 3.05) is 19.0 Å². The Morgan fingerprint density at radius 3 is 1.63 bits per heavy atom. The zero-order valence-electron chi connectivity index (χ0n) is 12.5. The summed E-state index contributed by atoms with van der Waals surface area (Å²) in [5.41, 5.74) is 0. The van der Waals surface area contributed by atoms with Gasteiger partial charge in [0.1, 0.15) is 0 Å². The molecule has 1 atom stereocenters. The molecule has 0 radical (unpaired) electrons. The average molecular weight is 292 g/mol. The normalized spacial score (nSPS) is 13.1. The van der Waals surface area contributed by atoms with Gasteiger partial charge in [0.25, 0.3) is 0 Å². The Labute approximate surface area is 121 Å². The van der Waals surface area contributed by atoms with Crippen molar-refractivity contribution in [2.24, 2.45) is 0 Å². The first kappa shape index (κ1) is 19.1. The Morgan fingerprint density at radius 2 is 1.21 bits per heavy atom. The van der Waals surface area contributed by atoms with Crippen LogP contribution in [0.1, 0.15) is 71.1 Å². The summed E-state index contributed by atoms with van der Waals surface area (Å²) in [4.78, 5) is 0. The molecule has 0 aromatic rings. The van der Waals surface area contributed by atoms with Crippen molar-refractivity contribution in [2.45, 2.75) is 76.4 Å². The van der Waals surface area contributed by atoms with Gasteiger partial charge in [0.05, 0.1) is 18.5 Å². The molecule has 116 valence electrons. The van der Waals surface area contributed by atoms with Crippen LogP contribution in [-0.2, 0) is 10.8 Å². The van der Waals surface area contributed by atoms with Crippen LogP contribution < -0.4 is 0 Å². The lowest BCUT2D eigenvalue weighted by Gasteiger charge is -2.10. The van der Waals surface area contributed by atoms with Crippen LogP contribution in [0.25, 0.3) is 0 Å². The Balaban J connectivity index is 3.24. The molecule has 3 nitrogen and oxygen atoms in total. The second-order valence-electron chi connectivity index (χ2n) is 5.25. The van der Waals surface area contributed by atoms with E-state index in [1.54, 1.807) is 0 Å². The molecule has 0 rings (SSSR count). The van der Waals surface area contributed by atoms with Crippen LogP contribution in [0, 0.1) is 0 Å². The van der Waals surface area contributed by atoms with E-state index in [1.807, 2.05) is 0 Å². The molecule has 4 heteroatoms. The van der Waals surface area contributed by atoms with Gasteiger partial charge in [-0.2, -0.15) is 0 Å². The van der Waals surface area contributed by atoms with Gasteiger partial charge in [0, 0.05) is 16.6 Å². The van der Waals surface area contributed by atoms with Gasteiger partial charge in [-0.1, -0.05) is 64.7 Å². The summed E-state index contributed by atoms with van der Waals surface area (Å²) in [5, 5.41) is 17.4. The van der Waals surface area contributed by atoms with Crippen LogP contribution in [0.4, 0.5) is 0 Å². The summed E-state index contributed by atoms with van der Waals surface area (Å²) in [6, 6.07) is 0. The van der Waals surface area contributed by atoms with E-state index in [2.05, 4.69) is 6.92 Å². The van der Waals surface area contributed by atoms with Crippen molar-refractivity contribution < 1.29 is 14.4 Å².